The number of carbonyl (C=O) groups is 1. The molecular weight excluding hydrogens is 334 g/mol. The summed E-state index contributed by atoms with van der Waals surface area (Å²) in [5.41, 5.74) is 2.95. The van der Waals surface area contributed by atoms with Crippen LogP contribution in [-0.4, -0.2) is 23.9 Å². The highest BCUT2D eigenvalue weighted by molar-refractivity contribution is 5.90. The van der Waals surface area contributed by atoms with Crippen LogP contribution >= 0.6 is 12.4 Å². The van der Waals surface area contributed by atoms with E-state index in [0.29, 0.717) is 13.0 Å². The van der Waals surface area contributed by atoms with Crippen molar-refractivity contribution in [3.05, 3.63) is 65.2 Å². The fourth-order valence-electron chi connectivity index (χ4n) is 2.80. The third-order valence-corrected chi connectivity index (χ3v) is 4.07. The predicted octanol–water partition coefficient (Wildman–Crippen LogP) is 3.77. The third-order valence-electron chi connectivity index (χ3n) is 4.07. The van der Waals surface area contributed by atoms with Crippen LogP contribution in [0.2, 0.25) is 0 Å². The van der Waals surface area contributed by atoms with E-state index in [1.165, 1.54) is 17.2 Å². The minimum atomic E-state index is -0.963. The molecule has 24 heavy (non-hydrogen) atoms. The summed E-state index contributed by atoms with van der Waals surface area (Å²) in [7, 11) is 0. The smallest absolute Gasteiger partial charge is 0.225 e. The molecule has 2 aromatic carbocycles. The highest BCUT2D eigenvalue weighted by Crippen LogP contribution is 2.18. The van der Waals surface area contributed by atoms with Crippen molar-refractivity contribution < 1.29 is 13.6 Å². The second kappa shape index (κ2) is 8.22. The Morgan fingerprint density at radius 1 is 1.08 bits per heavy atom. The summed E-state index contributed by atoms with van der Waals surface area (Å²) >= 11 is 0. The normalized spacial score (nSPS) is 13.8. The van der Waals surface area contributed by atoms with Gasteiger partial charge in [-0.25, -0.2) is 8.78 Å². The summed E-state index contributed by atoms with van der Waals surface area (Å²) in [6, 6.07) is 11.7. The Balaban J connectivity index is 0.00000208. The first-order valence-corrected chi connectivity index (χ1v) is 7.66. The van der Waals surface area contributed by atoms with Crippen molar-refractivity contribution in [3.8, 4) is 0 Å². The van der Waals surface area contributed by atoms with Gasteiger partial charge in [0.1, 0.15) is 0 Å². The minimum absolute atomic E-state index is 0. The van der Waals surface area contributed by atoms with E-state index in [1.54, 1.807) is 0 Å². The molecule has 0 radical (unpaired) electrons. The Bertz CT molecular complexity index is 724. The van der Waals surface area contributed by atoms with Crippen molar-refractivity contribution >= 4 is 24.0 Å². The van der Waals surface area contributed by atoms with Gasteiger partial charge in [-0.3, -0.25) is 9.69 Å². The second-order valence-electron chi connectivity index (χ2n) is 5.72. The molecule has 3 rings (SSSR count). The molecule has 128 valence electrons. The number of nitrogens with zero attached hydrogens (tertiary/aromatic N) is 1. The van der Waals surface area contributed by atoms with Crippen LogP contribution in [0.15, 0.2) is 42.5 Å². The third kappa shape index (κ3) is 4.52. The van der Waals surface area contributed by atoms with Gasteiger partial charge in [0.15, 0.2) is 11.6 Å². The first kappa shape index (κ1) is 18.4. The fraction of sp³-hybridized carbons (Fsp3) is 0.278. The average Bonchev–Trinajstić information content (AvgIpc) is 2.56. The quantitative estimate of drug-likeness (QED) is 0.908. The summed E-state index contributed by atoms with van der Waals surface area (Å²) in [6.45, 7) is 2.41. The SMILES string of the molecule is Cl.O=C(CCN1CCc2ccccc2C1)Nc1ccc(F)c(F)c1. The number of benzene rings is 2. The molecule has 0 fully saturated rings. The van der Waals surface area contributed by atoms with E-state index in [2.05, 4.69) is 22.3 Å². The van der Waals surface area contributed by atoms with E-state index < -0.39 is 11.6 Å². The number of halogens is 3. The van der Waals surface area contributed by atoms with Crippen molar-refractivity contribution in [1.82, 2.24) is 4.90 Å². The summed E-state index contributed by atoms with van der Waals surface area (Å²) in [5.74, 6) is -2.08. The highest BCUT2D eigenvalue weighted by Gasteiger charge is 2.16. The zero-order valence-electron chi connectivity index (χ0n) is 13.1. The Morgan fingerprint density at radius 2 is 1.83 bits per heavy atom. The number of fused-ring (bicyclic) bond motifs is 1. The van der Waals surface area contributed by atoms with Crippen LogP contribution in [0, 0.1) is 11.6 Å². The maximum Gasteiger partial charge on any atom is 0.225 e. The largest absolute Gasteiger partial charge is 0.326 e. The molecule has 0 unspecified atom stereocenters. The van der Waals surface area contributed by atoms with E-state index in [9.17, 15) is 13.6 Å². The summed E-state index contributed by atoms with van der Waals surface area (Å²) in [4.78, 5) is 14.2. The van der Waals surface area contributed by atoms with Gasteiger partial charge in [0.2, 0.25) is 5.91 Å². The molecule has 0 aromatic heterocycles. The molecule has 0 saturated carbocycles. The Hall–Kier alpha value is -1.98. The van der Waals surface area contributed by atoms with Crippen molar-refractivity contribution in [3.63, 3.8) is 0 Å². The van der Waals surface area contributed by atoms with Gasteiger partial charge < -0.3 is 5.32 Å². The molecule has 3 nitrogen and oxygen atoms in total. The number of anilines is 1. The van der Waals surface area contributed by atoms with Gasteiger partial charge >= 0.3 is 0 Å². The maximum atomic E-state index is 13.1. The Labute approximate surface area is 146 Å². The Kier molecular flexibility index (Phi) is 6.29. The van der Waals surface area contributed by atoms with E-state index in [0.717, 1.165) is 31.6 Å². The lowest BCUT2D eigenvalue weighted by Gasteiger charge is -2.28. The summed E-state index contributed by atoms with van der Waals surface area (Å²) in [5, 5.41) is 2.60. The van der Waals surface area contributed by atoms with Crippen LogP contribution in [-0.2, 0) is 17.8 Å². The van der Waals surface area contributed by atoms with E-state index in [1.807, 2.05) is 12.1 Å². The lowest BCUT2D eigenvalue weighted by molar-refractivity contribution is -0.116. The van der Waals surface area contributed by atoms with Crippen LogP contribution in [0.25, 0.3) is 0 Å². The zero-order chi connectivity index (χ0) is 16.2. The molecule has 0 spiro atoms. The molecule has 6 heteroatoms. The monoisotopic (exact) mass is 352 g/mol. The summed E-state index contributed by atoms with van der Waals surface area (Å²) in [6.07, 6.45) is 1.31. The van der Waals surface area contributed by atoms with E-state index in [-0.39, 0.29) is 24.0 Å². The van der Waals surface area contributed by atoms with Crippen LogP contribution in [0.1, 0.15) is 17.5 Å². The molecule has 1 heterocycles. The molecule has 1 N–H and O–H groups in total. The number of nitrogens with one attached hydrogen (secondary N) is 1. The fourth-order valence-corrected chi connectivity index (χ4v) is 2.80. The standard InChI is InChI=1S/C18H18F2N2O.ClH/c19-16-6-5-15(11-17(16)20)21-18(23)8-10-22-9-7-13-3-1-2-4-14(13)12-22;/h1-6,11H,7-10,12H2,(H,21,23);1H. The number of hydrogen-bond donors (Lipinski definition) is 1. The number of hydrogen-bond acceptors (Lipinski definition) is 2. The van der Waals surface area contributed by atoms with Crippen LogP contribution < -0.4 is 5.32 Å². The molecular formula is C18H19ClF2N2O. The van der Waals surface area contributed by atoms with Gasteiger partial charge in [-0.1, -0.05) is 24.3 Å². The van der Waals surface area contributed by atoms with Gasteiger partial charge in [0.25, 0.3) is 0 Å². The van der Waals surface area contributed by atoms with Crippen molar-refractivity contribution in [2.45, 2.75) is 19.4 Å². The summed E-state index contributed by atoms with van der Waals surface area (Å²) < 4.78 is 26.0. The minimum Gasteiger partial charge on any atom is -0.326 e. The molecule has 0 bridgehead atoms. The van der Waals surface area contributed by atoms with Gasteiger partial charge in [-0.2, -0.15) is 0 Å². The van der Waals surface area contributed by atoms with Gasteiger partial charge in [0, 0.05) is 37.8 Å². The molecule has 1 aliphatic rings. The zero-order valence-corrected chi connectivity index (χ0v) is 13.9. The van der Waals surface area contributed by atoms with E-state index >= 15 is 0 Å². The number of rotatable bonds is 4. The topological polar surface area (TPSA) is 32.3 Å². The second-order valence-corrected chi connectivity index (χ2v) is 5.72. The van der Waals surface area contributed by atoms with Crippen LogP contribution in [0.3, 0.4) is 0 Å². The Morgan fingerprint density at radius 3 is 2.58 bits per heavy atom. The molecule has 0 saturated heterocycles. The number of amides is 1. The molecule has 0 atom stereocenters. The van der Waals surface area contributed by atoms with Crippen molar-refractivity contribution in [2.75, 3.05) is 18.4 Å². The highest BCUT2D eigenvalue weighted by atomic mass is 35.5. The lowest BCUT2D eigenvalue weighted by atomic mass is 10.00. The van der Waals surface area contributed by atoms with E-state index in [4.69, 9.17) is 0 Å². The van der Waals surface area contributed by atoms with Crippen molar-refractivity contribution in [1.29, 1.82) is 0 Å². The van der Waals surface area contributed by atoms with Gasteiger partial charge in [0.05, 0.1) is 0 Å². The van der Waals surface area contributed by atoms with Gasteiger partial charge in [-0.05, 0) is 29.7 Å². The van der Waals surface area contributed by atoms with Gasteiger partial charge in [-0.15, -0.1) is 12.4 Å². The molecule has 0 aliphatic carbocycles. The van der Waals surface area contributed by atoms with Crippen molar-refractivity contribution in [2.24, 2.45) is 0 Å². The average molecular weight is 353 g/mol. The predicted molar refractivity (Wildman–Crippen MR) is 92.3 cm³/mol. The van der Waals surface area contributed by atoms with Crippen LogP contribution in [0.4, 0.5) is 14.5 Å². The first-order valence-electron chi connectivity index (χ1n) is 7.66. The molecule has 1 aliphatic heterocycles. The lowest BCUT2D eigenvalue weighted by Crippen LogP contribution is -2.33. The maximum absolute atomic E-state index is 13.1. The number of carbonyl (C=O) groups excluding carboxylic acids is 1. The molecule has 2 aromatic rings. The molecule has 1 amide bonds. The van der Waals surface area contributed by atoms with Crippen LogP contribution in [0.5, 0.6) is 0 Å². The first-order chi connectivity index (χ1) is 11.1.